The number of hydrogen-bond donors (Lipinski definition) is 1. The number of anilines is 2. The molecule has 2 heterocycles. The molecule has 26 heavy (non-hydrogen) atoms. The van der Waals surface area contributed by atoms with E-state index in [1.165, 1.54) is 0 Å². The summed E-state index contributed by atoms with van der Waals surface area (Å²) in [5.41, 5.74) is 2.80. The van der Waals surface area contributed by atoms with Gasteiger partial charge in [-0.2, -0.15) is 0 Å². The first-order valence-electron chi connectivity index (χ1n) is 8.91. The minimum atomic E-state index is -0.194. The molecule has 0 aliphatic carbocycles. The second-order valence-corrected chi connectivity index (χ2v) is 6.80. The van der Waals surface area contributed by atoms with Crippen LogP contribution >= 0.6 is 0 Å². The maximum atomic E-state index is 12.1. The molecule has 1 N–H and O–H groups in total. The van der Waals surface area contributed by atoms with Crippen LogP contribution in [0.15, 0.2) is 36.5 Å². The second kappa shape index (κ2) is 8.19. The lowest BCUT2D eigenvalue weighted by Gasteiger charge is -2.33. The van der Waals surface area contributed by atoms with Crippen LogP contribution in [0.25, 0.3) is 0 Å². The highest BCUT2D eigenvalue weighted by Crippen LogP contribution is 2.19. The van der Waals surface area contributed by atoms with Gasteiger partial charge in [-0.05, 0) is 50.2 Å². The third-order valence-electron chi connectivity index (χ3n) is 4.56. The molecule has 0 bridgehead atoms. The molecular formula is C20H26N4O2. The number of benzene rings is 1. The molecule has 0 saturated carbocycles. The van der Waals surface area contributed by atoms with E-state index in [-0.39, 0.29) is 12.5 Å². The Kier molecular flexibility index (Phi) is 5.73. The minimum absolute atomic E-state index is 0.0233. The van der Waals surface area contributed by atoms with Crippen LogP contribution in [0.5, 0.6) is 5.75 Å². The van der Waals surface area contributed by atoms with Crippen molar-refractivity contribution in [1.29, 1.82) is 0 Å². The third kappa shape index (κ3) is 4.73. The summed E-state index contributed by atoms with van der Waals surface area (Å²) in [6.45, 7) is 7.96. The molecule has 1 amide bonds. The number of nitrogens with one attached hydrogen (secondary N) is 1. The number of rotatable bonds is 5. The molecule has 138 valence electrons. The molecule has 0 radical (unpaired) electrons. The Bertz CT molecular complexity index is 753. The third-order valence-corrected chi connectivity index (χ3v) is 4.56. The zero-order chi connectivity index (χ0) is 18.5. The van der Waals surface area contributed by atoms with Gasteiger partial charge in [0.25, 0.3) is 5.91 Å². The number of likely N-dealkylation sites (N-methyl/N-ethyl adjacent to an activating group) is 1. The fraction of sp³-hybridized carbons (Fsp3) is 0.400. The molecule has 0 unspecified atom stereocenters. The number of aromatic nitrogens is 1. The maximum Gasteiger partial charge on any atom is 0.262 e. The SMILES string of the molecule is Cc1ccc(C)c(OCC(=O)Nc2ccc(N3CCN(C)CC3)nc2)c1. The van der Waals surface area contributed by atoms with Gasteiger partial charge in [0.05, 0.1) is 11.9 Å². The quantitative estimate of drug-likeness (QED) is 0.894. The van der Waals surface area contributed by atoms with Crippen molar-refractivity contribution in [3.05, 3.63) is 47.7 Å². The van der Waals surface area contributed by atoms with Crippen LogP contribution in [0, 0.1) is 13.8 Å². The maximum absolute atomic E-state index is 12.1. The minimum Gasteiger partial charge on any atom is -0.483 e. The predicted molar refractivity (Wildman–Crippen MR) is 104 cm³/mol. The van der Waals surface area contributed by atoms with Gasteiger partial charge in [0, 0.05) is 26.2 Å². The van der Waals surface area contributed by atoms with Crippen molar-refractivity contribution >= 4 is 17.4 Å². The van der Waals surface area contributed by atoms with Gasteiger partial charge in [0.2, 0.25) is 0 Å². The Morgan fingerprint density at radius 1 is 1.15 bits per heavy atom. The highest BCUT2D eigenvalue weighted by molar-refractivity contribution is 5.91. The Morgan fingerprint density at radius 3 is 2.62 bits per heavy atom. The van der Waals surface area contributed by atoms with Gasteiger partial charge < -0.3 is 19.9 Å². The zero-order valence-corrected chi connectivity index (χ0v) is 15.7. The molecule has 1 aliphatic heterocycles. The predicted octanol–water partition coefficient (Wildman–Crippen LogP) is 2.47. The topological polar surface area (TPSA) is 57.7 Å². The highest BCUT2D eigenvalue weighted by atomic mass is 16.5. The van der Waals surface area contributed by atoms with E-state index in [1.54, 1.807) is 6.20 Å². The number of hydrogen-bond acceptors (Lipinski definition) is 5. The van der Waals surface area contributed by atoms with Crippen molar-refractivity contribution in [1.82, 2.24) is 9.88 Å². The van der Waals surface area contributed by atoms with Crippen LogP contribution < -0.4 is 15.0 Å². The first-order valence-corrected chi connectivity index (χ1v) is 8.91. The fourth-order valence-electron chi connectivity index (χ4n) is 2.89. The van der Waals surface area contributed by atoms with Gasteiger partial charge in [0.15, 0.2) is 6.61 Å². The van der Waals surface area contributed by atoms with Crippen LogP contribution in [-0.4, -0.2) is 55.6 Å². The Balaban J connectivity index is 1.52. The molecule has 1 aromatic heterocycles. The number of carbonyl (C=O) groups excluding carboxylic acids is 1. The summed E-state index contributed by atoms with van der Waals surface area (Å²) in [5.74, 6) is 1.49. The van der Waals surface area contributed by atoms with E-state index >= 15 is 0 Å². The van der Waals surface area contributed by atoms with Crippen molar-refractivity contribution in [2.45, 2.75) is 13.8 Å². The van der Waals surface area contributed by atoms with E-state index in [2.05, 4.69) is 27.1 Å². The van der Waals surface area contributed by atoms with E-state index in [1.807, 2.05) is 44.2 Å². The van der Waals surface area contributed by atoms with Crippen LogP contribution in [0.1, 0.15) is 11.1 Å². The molecule has 2 aromatic rings. The monoisotopic (exact) mass is 354 g/mol. The van der Waals surface area contributed by atoms with E-state index in [0.29, 0.717) is 5.69 Å². The van der Waals surface area contributed by atoms with Crippen LogP contribution in [0.2, 0.25) is 0 Å². The standard InChI is InChI=1S/C20H26N4O2/c1-15-4-5-16(2)18(12-15)26-14-20(25)22-17-6-7-19(21-13-17)24-10-8-23(3)9-11-24/h4-7,12-13H,8-11,14H2,1-3H3,(H,22,25). The smallest absolute Gasteiger partial charge is 0.262 e. The summed E-state index contributed by atoms with van der Waals surface area (Å²) in [6.07, 6.45) is 1.70. The molecule has 1 saturated heterocycles. The summed E-state index contributed by atoms with van der Waals surface area (Å²) < 4.78 is 5.64. The normalized spacial score (nSPS) is 15.0. The number of aryl methyl sites for hydroxylation is 2. The van der Waals surface area contributed by atoms with Gasteiger partial charge in [-0.15, -0.1) is 0 Å². The van der Waals surface area contributed by atoms with E-state index in [4.69, 9.17) is 4.74 Å². The molecule has 1 aromatic carbocycles. The molecule has 3 rings (SSSR count). The van der Waals surface area contributed by atoms with Crippen molar-refractivity contribution in [2.24, 2.45) is 0 Å². The van der Waals surface area contributed by atoms with Crippen molar-refractivity contribution in [3.8, 4) is 5.75 Å². The van der Waals surface area contributed by atoms with Crippen LogP contribution in [0.3, 0.4) is 0 Å². The van der Waals surface area contributed by atoms with Crippen molar-refractivity contribution in [3.63, 3.8) is 0 Å². The van der Waals surface area contributed by atoms with Crippen LogP contribution in [0.4, 0.5) is 11.5 Å². The van der Waals surface area contributed by atoms with Crippen LogP contribution in [-0.2, 0) is 4.79 Å². The second-order valence-electron chi connectivity index (χ2n) is 6.80. The lowest BCUT2D eigenvalue weighted by atomic mass is 10.1. The summed E-state index contributed by atoms with van der Waals surface area (Å²) in [6, 6.07) is 9.79. The molecular weight excluding hydrogens is 328 g/mol. The van der Waals surface area contributed by atoms with Crippen molar-refractivity contribution < 1.29 is 9.53 Å². The average molecular weight is 354 g/mol. The molecule has 0 spiro atoms. The Labute approximate surface area is 154 Å². The summed E-state index contributed by atoms with van der Waals surface area (Å²) in [7, 11) is 2.13. The Morgan fingerprint density at radius 2 is 1.92 bits per heavy atom. The fourth-order valence-corrected chi connectivity index (χ4v) is 2.89. The average Bonchev–Trinajstić information content (AvgIpc) is 2.64. The lowest BCUT2D eigenvalue weighted by molar-refractivity contribution is -0.118. The largest absolute Gasteiger partial charge is 0.483 e. The highest BCUT2D eigenvalue weighted by Gasteiger charge is 2.15. The molecule has 0 atom stereocenters. The lowest BCUT2D eigenvalue weighted by Crippen LogP contribution is -2.44. The number of ether oxygens (including phenoxy) is 1. The summed E-state index contributed by atoms with van der Waals surface area (Å²) >= 11 is 0. The number of nitrogens with zero attached hydrogens (tertiary/aromatic N) is 3. The number of pyridine rings is 1. The molecule has 6 heteroatoms. The summed E-state index contributed by atoms with van der Waals surface area (Å²) in [5, 5.41) is 2.83. The van der Waals surface area contributed by atoms with Gasteiger partial charge in [-0.3, -0.25) is 4.79 Å². The van der Waals surface area contributed by atoms with E-state index in [9.17, 15) is 4.79 Å². The first kappa shape index (κ1) is 18.2. The first-order chi connectivity index (χ1) is 12.5. The number of carbonyl (C=O) groups is 1. The van der Waals surface area contributed by atoms with Gasteiger partial charge in [-0.1, -0.05) is 12.1 Å². The molecule has 1 fully saturated rings. The Hall–Kier alpha value is -2.60. The molecule has 6 nitrogen and oxygen atoms in total. The number of amides is 1. The van der Waals surface area contributed by atoms with Crippen molar-refractivity contribution in [2.75, 3.05) is 50.1 Å². The molecule has 1 aliphatic rings. The van der Waals surface area contributed by atoms with Gasteiger partial charge in [-0.25, -0.2) is 4.98 Å². The van der Waals surface area contributed by atoms with E-state index in [0.717, 1.165) is 48.9 Å². The van der Waals surface area contributed by atoms with Gasteiger partial charge in [0.1, 0.15) is 11.6 Å². The number of piperazine rings is 1. The zero-order valence-electron chi connectivity index (χ0n) is 15.7. The van der Waals surface area contributed by atoms with E-state index < -0.39 is 0 Å². The van der Waals surface area contributed by atoms with Gasteiger partial charge >= 0.3 is 0 Å². The summed E-state index contributed by atoms with van der Waals surface area (Å²) in [4.78, 5) is 21.2.